The minimum atomic E-state index is -2.86. The van der Waals surface area contributed by atoms with E-state index in [4.69, 9.17) is 44.6 Å². The summed E-state index contributed by atoms with van der Waals surface area (Å²) in [4.78, 5) is 26.3. The van der Waals surface area contributed by atoms with E-state index in [1.54, 1.807) is 64.0 Å². The van der Waals surface area contributed by atoms with Gasteiger partial charge in [0.25, 0.3) is 0 Å². The highest BCUT2D eigenvalue weighted by molar-refractivity contribution is 6.61. The van der Waals surface area contributed by atoms with Gasteiger partial charge < -0.3 is 44.6 Å². The molecule has 1 fully saturated rings. The molecule has 0 amide bonds. The predicted molar refractivity (Wildman–Crippen MR) is 139 cm³/mol. The van der Waals surface area contributed by atoms with E-state index < -0.39 is 49.7 Å². The Bertz CT molecular complexity index is 648. The second kappa shape index (κ2) is 15.9. The Morgan fingerprint density at radius 3 is 1.24 bits per heavy atom. The van der Waals surface area contributed by atoms with Crippen molar-refractivity contribution < 1.29 is 54.2 Å². The van der Waals surface area contributed by atoms with Crippen molar-refractivity contribution in [3.63, 3.8) is 0 Å². The second-order valence-electron chi connectivity index (χ2n) is 8.90. The maximum atomic E-state index is 13.3. The van der Waals surface area contributed by atoms with Crippen LogP contribution in [0.4, 0.5) is 0 Å². The Kier molecular flexibility index (Phi) is 14.8. The molecule has 0 spiro atoms. The molecule has 37 heavy (non-hydrogen) atoms. The average molecular weight is 587 g/mol. The summed E-state index contributed by atoms with van der Waals surface area (Å²) < 4.78 is 55.1. The standard InChI is InChI=1S/C22H46O12Si3/c1-25-35(26-2,27-3)16-10-13-19-20(23)34-21(24)22(19,14-11-17-36(28-4,29-5)30-6)15-12-18-37(31-7,32-8)33-9/h19H,10-18H2,1-9H3. The van der Waals surface area contributed by atoms with Crippen LogP contribution in [0.1, 0.15) is 38.5 Å². The van der Waals surface area contributed by atoms with E-state index >= 15 is 0 Å². The van der Waals surface area contributed by atoms with Crippen molar-refractivity contribution in [1.29, 1.82) is 0 Å². The SMILES string of the molecule is CO[Si](CCCC1C(=O)OC(=O)C1(CCC[Si](OC)(OC)OC)CCC[Si](OC)(OC)OC)(OC)OC. The van der Waals surface area contributed by atoms with Gasteiger partial charge in [0.2, 0.25) is 0 Å². The molecular formula is C22H46O12Si3. The maximum absolute atomic E-state index is 13.3. The van der Waals surface area contributed by atoms with Crippen molar-refractivity contribution in [3.8, 4) is 0 Å². The van der Waals surface area contributed by atoms with Gasteiger partial charge in [-0.2, -0.15) is 0 Å². The molecule has 0 N–H and O–H groups in total. The quantitative estimate of drug-likeness (QED) is 0.111. The van der Waals surface area contributed by atoms with Crippen LogP contribution in [0, 0.1) is 11.3 Å². The number of carbonyl (C=O) groups is 2. The molecule has 0 radical (unpaired) electrons. The summed E-state index contributed by atoms with van der Waals surface area (Å²) in [5.74, 6) is -1.63. The molecule has 1 rings (SSSR count). The van der Waals surface area contributed by atoms with Crippen LogP contribution in [-0.2, 0) is 54.2 Å². The first-order chi connectivity index (χ1) is 17.6. The summed E-state index contributed by atoms with van der Waals surface area (Å²) >= 11 is 0. The molecule has 1 aliphatic heterocycles. The normalized spacial score (nSPS) is 18.5. The third-order valence-electron chi connectivity index (χ3n) is 7.54. The van der Waals surface area contributed by atoms with Gasteiger partial charge in [-0.1, -0.05) is 0 Å². The van der Waals surface area contributed by atoms with E-state index in [1.165, 1.54) is 0 Å². The van der Waals surface area contributed by atoms with E-state index in [0.717, 1.165) is 0 Å². The smallest absolute Gasteiger partial charge is 0.392 e. The number of rotatable bonds is 21. The molecule has 12 nitrogen and oxygen atoms in total. The molecule has 218 valence electrons. The zero-order valence-electron chi connectivity index (χ0n) is 23.8. The summed E-state index contributed by atoms with van der Waals surface area (Å²) in [6.45, 7) is 0. The lowest BCUT2D eigenvalue weighted by Gasteiger charge is -2.33. The summed E-state index contributed by atoms with van der Waals surface area (Å²) in [7, 11) is 5.38. The summed E-state index contributed by atoms with van der Waals surface area (Å²) in [5, 5.41) is 0. The first-order valence-electron chi connectivity index (χ1n) is 12.3. The molecule has 0 saturated carbocycles. The number of esters is 2. The zero-order valence-corrected chi connectivity index (χ0v) is 26.8. The van der Waals surface area contributed by atoms with E-state index in [-0.39, 0.29) is 0 Å². The molecule has 15 heteroatoms. The van der Waals surface area contributed by atoms with Crippen molar-refractivity contribution >= 4 is 38.4 Å². The van der Waals surface area contributed by atoms with Crippen LogP contribution in [0.2, 0.25) is 18.1 Å². The van der Waals surface area contributed by atoms with Gasteiger partial charge in [-0.15, -0.1) is 0 Å². The number of hydrogen-bond donors (Lipinski definition) is 0. The third-order valence-corrected chi connectivity index (χ3v) is 16.0. The number of cyclic esters (lactones) is 2. The van der Waals surface area contributed by atoms with Gasteiger partial charge in [0.05, 0.1) is 11.3 Å². The van der Waals surface area contributed by atoms with Gasteiger partial charge in [0, 0.05) is 82.1 Å². The Morgan fingerprint density at radius 2 is 0.919 bits per heavy atom. The van der Waals surface area contributed by atoms with Gasteiger partial charge in [0.1, 0.15) is 0 Å². The zero-order chi connectivity index (χ0) is 28.2. The largest absolute Gasteiger partial charge is 0.500 e. The highest BCUT2D eigenvalue weighted by atomic mass is 28.4. The third kappa shape index (κ3) is 8.21. The van der Waals surface area contributed by atoms with E-state index in [2.05, 4.69) is 0 Å². The van der Waals surface area contributed by atoms with Crippen molar-refractivity contribution in [2.24, 2.45) is 11.3 Å². The molecule has 1 unspecified atom stereocenters. The Morgan fingerprint density at radius 1 is 0.595 bits per heavy atom. The van der Waals surface area contributed by atoms with Crippen LogP contribution in [0.15, 0.2) is 0 Å². The fraction of sp³-hybridized carbons (Fsp3) is 0.909. The number of ether oxygens (including phenoxy) is 1. The Labute approximate surface area is 224 Å². The Hall–Kier alpha value is -0.569. The van der Waals surface area contributed by atoms with Crippen molar-refractivity contribution in [1.82, 2.24) is 0 Å². The fourth-order valence-corrected chi connectivity index (χ4v) is 10.3. The lowest BCUT2D eigenvalue weighted by Crippen LogP contribution is -2.44. The topological polar surface area (TPSA) is 126 Å². The van der Waals surface area contributed by atoms with Crippen LogP contribution in [0.3, 0.4) is 0 Å². The molecule has 1 aliphatic rings. The fourth-order valence-electron chi connectivity index (χ4n) is 5.14. The van der Waals surface area contributed by atoms with Crippen LogP contribution >= 0.6 is 0 Å². The summed E-state index contributed by atoms with van der Waals surface area (Å²) in [5.41, 5.74) is -1.01. The van der Waals surface area contributed by atoms with Gasteiger partial charge in [-0.3, -0.25) is 9.59 Å². The van der Waals surface area contributed by atoms with E-state index in [0.29, 0.717) is 56.7 Å². The minimum absolute atomic E-state index is 0.413. The highest BCUT2D eigenvalue weighted by Crippen LogP contribution is 2.48. The first-order valence-corrected chi connectivity index (χ1v) is 18.1. The summed E-state index contributed by atoms with van der Waals surface area (Å²) in [6.07, 6.45) is 2.92. The minimum Gasteiger partial charge on any atom is -0.392 e. The van der Waals surface area contributed by atoms with E-state index in [9.17, 15) is 9.59 Å². The van der Waals surface area contributed by atoms with Crippen molar-refractivity contribution in [2.75, 3.05) is 64.0 Å². The molecule has 1 atom stereocenters. The van der Waals surface area contributed by atoms with Gasteiger partial charge in [-0.05, 0) is 38.5 Å². The number of carbonyl (C=O) groups excluding carboxylic acids is 2. The molecule has 0 aromatic heterocycles. The molecule has 0 aromatic rings. The van der Waals surface area contributed by atoms with Crippen molar-refractivity contribution in [3.05, 3.63) is 0 Å². The second-order valence-corrected chi connectivity index (χ2v) is 18.2. The average Bonchev–Trinajstić information content (AvgIpc) is 3.16. The van der Waals surface area contributed by atoms with Gasteiger partial charge in [0.15, 0.2) is 0 Å². The lowest BCUT2D eigenvalue weighted by molar-refractivity contribution is -0.155. The van der Waals surface area contributed by atoms with Gasteiger partial charge >= 0.3 is 38.4 Å². The van der Waals surface area contributed by atoms with Crippen molar-refractivity contribution in [2.45, 2.75) is 56.7 Å². The van der Waals surface area contributed by atoms with Gasteiger partial charge in [-0.25, -0.2) is 0 Å². The first kappa shape index (κ1) is 34.5. The van der Waals surface area contributed by atoms with E-state index in [1.807, 2.05) is 0 Å². The Balaban J connectivity index is 3.18. The molecule has 0 bridgehead atoms. The summed E-state index contributed by atoms with van der Waals surface area (Å²) in [6, 6.07) is 1.49. The van der Waals surface area contributed by atoms with Crippen LogP contribution in [-0.4, -0.2) is 102 Å². The predicted octanol–water partition coefficient (Wildman–Crippen LogP) is 2.65. The maximum Gasteiger partial charge on any atom is 0.500 e. The lowest BCUT2D eigenvalue weighted by atomic mass is 9.69. The highest BCUT2D eigenvalue weighted by Gasteiger charge is 2.57. The molecule has 1 saturated heterocycles. The monoisotopic (exact) mass is 586 g/mol. The van der Waals surface area contributed by atoms with Crippen LogP contribution in [0.5, 0.6) is 0 Å². The molecular weight excluding hydrogens is 540 g/mol. The van der Waals surface area contributed by atoms with Crippen LogP contribution < -0.4 is 0 Å². The molecule has 0 aliphatic carbocycles. The van der Waals surface area contributed by atoms with Crippen LogP contribution in [0.25, 0.3) is 0 Å². The molecule has 0 aromatic carbocycles. The molecule has 1 heterocycles. The number of hydrogen-bond acceptors (Lipinski definition) is 12.